The number of sulfone groups is 1. The molecule has 0 spiro atoms. The fourth-order valence-corrected chi connectivity index (χ4v) is 2.95. The predicted molar refractivity (Wildman–Crippen MR) is 43.3 cm³/mol. The van der Waals surface area contributed by atoms with E-state index >= 15 is 0 Å². The Labute approximate surface area is 67.7 Å². The van der Waals surface area contributed by atoms with Crippen LogP contribution in [0.5, 0.6) is 0 Å². The molecular weight excluding hydrogens is 164 g/mol. The molecule has 0 aromatic heterocycles. The van der Waals surface area contributed by atoms with E-state index < -0.39 is 9.84 Å². The average Bonchev–Trinajstić information content (AvgIpc) is 1.85. The topological polar surface area (TPSA) is 43.4 Å². The van der Waals surface area contributed by atoms with Gasteiger partial charge in [-0.2, -0.15) is 0 Å². The molecule has 1 atom stereocenters. The molecule has 1 heterocycles. The smallest absolute Gasteiger partial charge is 0.152 e. The Morgan fingerprint density at radius 3 is 2.82 bits per heavy atom. The second-order valence-corrected chi connectivity index (χ2v) is 5.06. The molecule has 1 aliphatic heterocycles. The molecule has 1 fully saturated rings. The molecule has 1 rings (SSSR count). The minimum atomic E-state index is -2.78. The van der Waals surface area contributed by atoms with Crippen LogP contribution in [0.15, 0.2) is 0 Å². The third-order valence-electron chi connectivity index (χ3n) is 1.82. The van der Waals surface area contributed by atoms with Gasteiger partial charge < -0.3 is 4.74 Å². The molecule has 0 bridgehead atoms. The van der Waals surface area contributed by atoms with Crippen LogP contribution >= 0.6 is 0 Å². The molecule has 0 aromatic rings. The summed E-state index contributed by atoms with van der Waals surface area (Å²) in [6, 6.07) is 0. The third kappa shape index (κ3) is 2.79. The maximum Gasteiger partial charge on any atom is 0.152 e. The Morgan fingerprint density at radius 2 is 2.27 bits per heavy atom. The molecule has 66 valence electrons. The number of hydrogen-bond acceptors (Lipinski definition) is 3. The lowest BCUT2D eigenvalue weighted by atomic mass is 10.2. The van der Waals surface area contributed by atoms with Crippen LogP contribution < -0.4 is 0 Å². The summed E-state index contributed by atoms with van der Waals surface area (Å²) in [5.41, 5.74) is 0. The van der Waals surface area contributed by atoms with Gasteiger partial charge >= 0.3 is 0 Å². The van der Waals surface area contributed by atoms with E-state index in [0.29, 0.717) is 12.4 Å². The summed E-state index contributed by atoms with van der Waals surface area (Å²) in [6.45, 7) is 2.50. The van der Waals surface area contributed by atoms with E-state index in [1.807, 2.05) is 6.92 Å². The number of ether oxygens (including phenoxy) is 1. The minimum absolute atomic E-state index is 0.0428. The van der Waals surface area contributed by atoms with Crippen LogP contribution in [0.25, 0.3) is 0 Å². The standard InChI is InChI=1S/C7H14O3S/c1-2-10-7-4-3-5-11(8,9)6-7/h7H,2-6H2,1H3. The van der Waals surface area contributed by atoms with E-state index in [9.17, 15) is 8.42 Å². The van der Waals surface area contributed by atoms with E-state index in [-0.39, 0.29) is 11.9 Å². The van der Waals surface area contributed by atoms with E-state index in [1.165, 1.54) is 0 Å². The van der Waals surface area contributed by atoms with E-state index in [1.54, 1.807) is 0 Å². The molecule has 0 radical (unpaired) electrons. The highest BCUT2D eigenvalue weighted by atomic mass is 32.2. The first kappa shape index (κ1) is 9.00. The normalized spacial score (nSPS) is 30.1. The Bertz CT molecular complexity index is 206. The molecule has 3 nitrogen and oxygen atoms in total. The van der Waals surface area contributed by atoms with Crippen molar-refractivity contribution in [1.29, 1.82) is 0 Å². The third-order valence-corrected chi connectivity index (χ3v) is 3.61. The molecule has 1 saturated heterocycles. The molecule has 1 unspecified atom stereocenters. The van der Waals surface area contributed by atoms with Gasteiger partial charge in [-0.25, -0.2) is 8.42 Å². The van der Waals surface area contributed by atoms with Crippen molar-refractivity contribution in [3.8, 4) is 0 Å². The fraction of sp³-hybridized carbons (Fsp3) is 1.00. The summed E-state index contributed by atoms with van der Waals surface area (Å²) < 4.78 is 27.4. The van der Waals surface area contributed by atoms with Crippen LogP contribution in [-0.4, -0.2) is 32.6 Å². The summed E-state index contributed by atoms with van der Waals surface area (Å²) in [5, 5.41) is 0. The van der Waals surface area contributed by atoms with Crippen molar-refractivity contribution in [3.05, 3.63) is 0 Å². The summed E-state index contributed by atoms with van der Waals surface area (Å²) >= 11 is 0. The van der Waals surface area contributed by atoms with Crippen LogP contribution in [0, 0.1) is 0 Å². The lowest BCUT2D eigenvalue weighted by Crippen LogP contribution is -2.31. The summed E-state index contributed by atoms with van der Waals surface area (Å²) in [7, 11) is -2.78. The molecular formula is C7H14O3S. The van der Waals surface area contributed by atoms with E-state index in [2.05, 4.69) is 0 Å². The lowest BCUT2D eigenvalue weighted by molar-refractivity contribution is 0.0695. The van der Waals surface area contributed by atoms with Gasteiger partial charge in [0.05, 0.1) is 17.6 Å². The lowest BCUT2D eigenvalue weighted by Gasteiger charge is -2.21. The molecule has 0 aromatic carbocycles. The Hall–Kier alpha value is -0.0900. The summed E-state index contributed by atoms with van der Waals surface area (Å²) in [5.74, 6) is 0.567. The van der Waals surface area contributed by atoms with Crippen molar-refractivity contribution >= 4 is 9.84 Å². The van der Waals surface area contributed by atoms with Gasteiger partial charge in [-0.15, -0.1) is 0 Å². The molecule has 0 saturated carbocycles. The van der Waals surface area contributed by atoms with Crippen LogP contribution in [-0.2, 0) is 14.6 Å². The zero-order chi connectivity index (χ0) is 8.32. The number of rotatable bonds is 2. The first-order valence-electron chi connectivity index (χ1n) is 3.96. The van der Waals surface area contributed by atoms with Gasteiger partial charge in [0, 0.05) is 6.61 Å². The average molecular weight is 178 g/mol. The Balaban J connectivity index is 2.47. The second-order valence-electron chi connectivity index (χ2n) is 2.83. The van der Waals surface area contributed by atoms with Crippen molar-refractivity contribution in [1.82, 2.24) is 0 Å². The number of hydrogen-bond donors (Lipinski definition) is 0. The van der Waals surface area contributed by atoms with Gasteiger partial charge in [-0.1, -0.05) is 0 Å². The maximum atomic E-state index is 11.1. The molecule has 1 aliphatic rings. The zero-order valence-corrected chi connectivity index (χ0v) is 7.56. The van der Waals surface area contributed by atoms with Crippen molar-refractivity contribution in [2.45, 2.75) is 25.9 Å². The van der Waals surface area contributed by atoms with Crippen LogP contribution in [0.3, 0.4) is 0 Å². The first-order chi connectivity index (χ1) is 5.14. The fourth-order valence-electron chi connectivity index (χ4n) is 1.35. The van der Waals surface area contributed by atoms with Gasteiger partial charge in [0.2, 0.25) is 0 Å². The highest BCUT2D eigenvalue weighted by Gasteiger charge is 2.24. The molecule has 0 amide bonds. The summed E-state index contributed by atoms with van der Waals surface area (Å²) in [4.78, 5) is 0. The van der Waals surface area contributed by atoms with E-state index in [0.717, 1.165) is 12.8 Å². The minimum Gasteiger partial charge on any atom is -0.377 e. The second kappa shape index (κ2) is 3.54. The van der Waals surface area contributed by atoms with Gasteiger partial charge in [0.25, 0.3) is 0 Å². The highest BCUT2D eigenvalue weighted by Crippen LogP contribution is 2.14. The molecule has 11 heavy (non-hydrogen) atoms. The van der Waals surface area contributed by atoms with Gasteiger partial charge in [-0.3, -0.25) is 0 Å². The van der Waals surface area contributed by atoms with Crippen LogP contribution in [0.4, 0.5) is 0 Å². The van der Waals surface area contributed by atoms with Crippen molar-refractivity contribution < 1.29 is 13.2 Å². The van der Waals surface area contributed by atoms with Crippen LogP contribution in [0.2, 0.25) is 0 Å². The van der Waals surface area contributed by atoms with Gasteiger partial charge in [0.1, 0.15) is 0 Å². The monoisotopic (exact) mass is 178 g/mol. The largest absolute Gasteiger partial charge is 0.377 e. The highest BCUT2D eigenvalue weighted by molar-refractivity contribution is 7.91. The predicted octanol–water partition coefficient (Wildman–Crippen LogP) is 0.600. The van der Waals surface area contributed by atoms with Crippen LogP contribution in [0.1, 0.15) is 19.8 Å². The first-order valence-corrected chi connectivity index (χ1v) is 5.78. The van der Waals surface area contributed by atoms with Crippen molar-refractivity contribution in [2.75, 3.05) is 18.1 Å². The SMILES string of the molecule is CCOC1CCCS(=O)(=O)C1. The molecule has 0 N–H and O–H groups in total. The molecule has 0 aliphatic carbocycles. The summed E-state index contributed by atoms with van der Waals surface area (Å²) in [6.07, 6.45) is 1.61. The van der Waals surface area contributed by atoms with Gasteiger partial charge in [-0.05, 0) is 19.8 Å². The zero-order valence-electron chi connectivity index (χ0n) is 6.75. The quantitative estimate of drug-likeness (QED) is 0.622. The van der Waals surface area contributed by atoms with Crippen molar-refractivity contribution in [3.63, 3.8) is 0 Å². The maximum absolute atomic E-state index is 11.1. The Kier molecular flexibility index (Phi) is 2.90. The molecule has 4 heteroatoms. The van der Waals surface area contributed by atoms with Crippen molar-refractivity contribution in [2.24, 2.45) is 0 Å². The Morgan fingerprint density at radius 1 is 1.55 bits per heavy atom. The van der Waals surface area contributed by atoms with E-state index in [4.69, 9.17) is 4.74 Å². The van der Waals surface area contributed by atoms with Gasteiger partial charge in [0.15, 0.2) is 9.84 Å².